The number of nitrogens with zero attached hydrogens (tertiary/aromatic N) is 2. The summed E-state index contributed by atoms with van der Waals surface area (Å²) in [6, 6.07) is 6.11. The normalized spacial score (nSPS) is 10.0. The standard InChI is InChI=1S/C13H10FN3O4/c1-21-11-6-9(17(19)20)3-4-10(11)16-13(18)8-2-5-12(14)15-7-8/h2-7H,1H3,(H,16,18). The van der Waals surface area contributed by atoms with Gasteiger partial charge in [-0.05, 0) is 18.2 Å². The highest BCUT2D eigenvalue weighted by molar-refractivity contribution is 6.04. The van der Waals surface area contributed by atoms with Crippen molar-refractivity contribution in [3.8, 4) is 5.75 Å². The average Bonchev–Trinajstić information content (AvgIpc) is 2.48. The van der Waals surface area contributed by atoms with Crippen molar-refractivity contribution in [3.63, 3.8) is 0 Å². The van der Waals surface area contributed by atoms with Crippen molar-refractivity contribution in [1.82, 2.24) is 4.98 Å². The smallest absolute Gasteiger partial charge is 0.273 e. The summed E-state index contributed by atoms with van der Waals surface area (Å²) in [7, 11) is 1.33. The molecule has 21 heavy (non-hydrogen) atoms. The number of carbonyl (C=O) groups is 1. The highest BCUT2D eigenvalue weighted by atomic mass is 19.1. The minimum Gasteiger partial charge on any atom is -0.494 e. The highest BCUT2D eigenvalue weighted by Gasteiger charge is 2.14. The minimum atomic E-state index is -0.695. The molecule has 0 aliphatic carbocycles. The van der Waals surface area contributed by atoms with Gasteiger partial charge in [0.15, 0.2) is 0 Å². The van der Waals surface area contributed by atoms with Crippen molar-refractivity contribution < 1.29 is 18.8 Å². The van der Waals surface area contributed by atoms with E-state index in [1.807, 2.05) is 0 Å². The summed E-state index contributed by atoms with van der Waals surface area (Å²) in [6.45, 7) is 0. The number of rotatable bonds is 4. The largest absolute Gasteiger partial charge is 0.494 e. The predicted molar refractivity (Wildman–Crippen MR) is 71.8 cm³/mol. The Bertz CT molecular complexity index is 688. The van der Waals surface area contributed by atoms with E-state index in [2.05, 4.69) is 10.3 Å². The minimum absolute atomic E-state index is 0.146. The van der Waals surface area contributed by atoms with Crippen LogP contribution in [0.25, 0.3) is 0 Å². The number of non-ortho nitro benzene ring substituents is 1. The number of amides is 1. The van der Waals surface area contributed by atoms with Gasteiger partial charge in [0.25, 0.3) is 11.6 Å². The second kappa shape index (κ2) is 5.95. The van der Waals surface area contributed by atoms with Crippen LogP contribution < -0.4 is 10.1 Å². The fourth-order valence-electron chi connectivity index (χ4n) is 1.60. The Hall–Kier alpha value is -3.03. The fraction of sp³-hybridized carbons (Fsp3) is 0.0769. The Labute approximate surface area is 118 Å². The topological polar surface area (TPSA) is 94.4 Å². The van der Waals surface area contributed by atoms with Crippen molar-refractivity contribution in [2.45, 2.75) is 0 Å². The molecule has 2 rings (SSSR count). The fourth-order valence-corrected chi connectivity index (χ4v) is 1.60. The van der Waals surface area contributed by atoms with Crippen LogP contribution in [0.3, 0.4) is 0 Å². The molecule has 1 aromatic heterocycles. The van der Waals surface area contributed by atoms with Crippen molar-refractivity contribution in [2.75, 3.05) is 12.4 Å². The molecular weight excluding hydrogens is 281 g/mol. The molecule has 1 N–H and O–H groups in total. The lowest BCUT2D eigenvalue weighted by Crippen LogP contribution is -2.13. The number of hydrogen-bond acceptors (Lipinski definition) is 5. The molecule has 0 radical (unpaired) electrons. The van der Waals surface area contributed by atoms with E-state index in [4.69, 9.17) is 4.74 Å². The molecule has 0 spiro atoms. The number of ether oxygens (including phenoxy) is 1. The number of methoxy groups -OCH3 is 1. The number of nitro benzene ring substituents is 1. The molecule has 0 unspecified atom stereocenters. The molecule has 0 aliphatic heterocycles. The van der Waals surface area contributed by atoms with E-state index in [0.717, 1.165) is 12.3 Å². The monoisotopic (exact) mass is 291 g/mol. The Kier molecular flexibility index (Phi) is 4.07. The Morgan fingerprint density at radius 3 is 2.71 bits per heavy atom. The van der Waals surface area contributed by atoms with Crippen LogP contribution in [0.5, 0.6) is 5.75 Å². The Morgan fingerprint density at radius 2 is 2.14 bits per heavy atom. The van der Waals surface area contributed by atoms with E-state index >= 15 is 0 Å². The SMILES string of the molecule is COc1cc([N+](=O)[O-])ccc1NC(=O)c1ccc(F)nc1. The number of anilines is 1. The van der Waals surface area contributed by atoms with Gasteiger partial charge >= 0.3 is 0 Å². The van der Waals surface area contributed by atoms with Crippen LogP contribution in [0.1, 0.15) is 10.4 Å². The van der Waals surface area contributed by atoms with Crippen LogP contribution in [0.15, 0.2) is 36.5 Å². The molecule has 1 aromatic carbocycles. The molecule has 7 nitrogen and oxygen atoms in total. The number of pyridine rings is 1. The number of aromatic nitrogens is 1. The number of halogens is 1. The quantitative estimate of drug-likeness (QED) is 0.530. The van der Waals surface area contributed by atoms with Crippen LogP contribution in [-0.2, 0) is 0 Å². The van der Waals surface area contributed by atoms with Crippen LogP contribution in [0.4, 0.5) is 15.8 Å². The van der Waals surface area contributed by atoms with Crippen LogP contribution >= 0.6 is 0 Å². The highest BCUT2D eigenvalue weighted by Crippen LogP contribution is 2.29. The number of carbonyl (C=O) groups excluding carboxylic acids is 1. The first kappa shape index (κ1) is 14.4. The first-order valence-electron chi connectivity index (χ1n) is 5.76. The molecule has 8 heteroatoms. The van der Waals surface area contributed by atoms with Gasteiger partial charge in [0, 0.05) is 12.3 Å². The number of hydrogen-bond donors (Lipinski definition) is 1. The van der Waals surface area contributed by atoms with Crippen molar-refractivity contribution in [3.05, 3.63) is 58.2 Å². The van der Waals surface area contributed by atoms with Gasteiger partial charge in [-0.25, -0.2) is 4.98 Å². The summed E-state index contributed by atoms with van der Waals surface area (Å²) < 4.78 is 17.7. The van der Waals surface area contributed by atoms with Crippen LogP contribution in [-0.4, -0.2) is 22.9 Å². The zero-order valence-corrected chi connectivity index (χ0v) is 10.9. The Morgan fingerprint density at radius 1 is 1.38 bits per heavy atom. The molecule has 1 heterocycles. The number of nitrogens with one attached hydrogen (secondary N) is 1. The lowest BCUT2D eigenvalue weighted by atomic mass is 10.2. The lowest BCUT2D eigenvalue weighted by Gasteiger charge is -2.09. The van der Waals surface area contributed by atoms with Gasteiger partial charge in [0.1, 0.15) is 5.75 Å². The zero-order chi connectivity index (χ0) is 15.4. The summed E-state index contributed by atoms with van der Waals surface area (Å²) in [6.07, 6.45) is 1.09. The maximum Gasteiger partial charge on any atom is 0.273 e. The van der Waals surface area contributed by atoms with Crippen molar-refractivity contribution >= 4 is 17.3 Å². The molecular formula is C13H10FN3O4. The Balaban J connectivity index is 2.24. The van der Waals surface area contributed by atoms with Gasteiger partial charge in [-0.2, -0.15) is 4.39 Å². The molecule has 2 aromatic rings. The third kappa shape index (κ3) is 3.30. The van der Waals surface area contributed by atoms with Crippen LogP contribution in [0, 0.1) is 16.1 Å². The second-order valence-electron chi connectivity index (χ2n) is 3.97. The molecule has 0 atom stereocenters. The third-order valence-corrected chi connectivity index (χ3v) is 2.63. The van der Waals surface area contributed by atoms with E-state index in [1.165, 1.54) is 31.4 Å². The first-order valence-corrected chi connectivity index (χ1v) is 5.76. The van der Waals surface area contributed by atoms with Crippen molar-refractivity contribution in [2.24, 2.45) is 0 Å². The van der Waals surface area contributed by atoms with Gasteiger partial charge in [0.05, 0.1) is 29.4 Å². The van der Waals surface area contributed by atoms with Gasteiger partial charge in [0.2, 0.25) is 5.95 Å². The lowest BCUT2D eigenvalue weighted by molar-refractivity contribution is -0.384. The predicted octanol–water partition coefficient (Wildman–Crippen LogP) is 2.39. The summed E-state index contributed by atoms with van der Waals surface area (Å²) in [5.74, 6) is -1.08. The number of nitro groups is 1. The summed E-state index contributed by atoms with van der Waals surface area (Å²) in [5, 5.41) is 13.2. The molecule has 0 saturated heterocycles. The maximum atomic E-state index is 12.7. The summed E-state index contributed by atoms with van der Waals surface area (Å²) in [5.41, 5.74) is 0.252. The van der Waals surface area contributed by atoms with E-state index in [0.29, 0.717) is 0 Å². The van der Waals surface area contributed by atoms with Gasteiger partial charge in [-0.3, -0.25) is 14.9 Å². The average molecular weight is 291 g/mol. The van der Waals surface area contributed by atoms with Gasteiger partial charge < -0.3 is 10.1 Å². The van der Waals surface area contributed by atoms with Crippen molar-refractivity contribution in [1.29, 1.82) is 0 Å². The second-order valence-corrected chi connectivity index (χ2v) is 3.97. The van der Waals surface area contributed by atoms with Crippen LogP contribution in [0.2, 0.25) is 0 Å². The van der Waals surface area contributed by atoms with E-state index in [-0.39, 0.29) is 22.7 Å². The first-order chi connectivity index (χ1) is 10.0. The molecule has 0 saturated carbocycles. The molecule has 1 amide bonds. The summed E-state index contributed by atoms with van der Waals surface area (Å²) >= 11 is 0. The number of benzene rings is 1. The van der Waals surface area contributed by atoms with Gasteiger partial charge in [-0.15, -0.1) is 0 Å². The van der Waals surface area contributed by atoms with E-state index in [1.54, 1.807) is 0 Å². The van der Waals surface area contributed by atoms with E-state index < -0.39 is 16.8 Å². The maximum absolute atomic E-state index is 12.7. The molecule has 0 fully saturated rings. The van der Waals surface area contributed by atoms with Gasteiger partial charge in [-0.1, -0.05) is 0 Å². The molecule has 0 aliphatic rings. The third-order valence-electron chi connectivity index (χ3n) is 2.63. The molecule has 108 valence electrons. The molecule has 0 bridgehead atoms. The zero-order valence-electron chi connectivity index (χ0n) is 10.9. The summed E-state index contributed by atoms with van der Waals surface area (Å²) in [4.78, 5) is 25.4. The van der Waals surface area contributed by atoms with E-state index in [9.17, 15) is 19.3 Å².